The molecule has 0 saturated heterocycles. The van der Waals surface area contributed by atoms with Gasteiger partial charge in [-0.3, -0.25) is 4.79 Å². The van der Waals surface area contributed by atoms with Gasteiger partial charge in [-0.05, 0) is 30.4 Å². The fraction of sp³-hybridized carbons (Fsp3) is 0.0870. The minimum Gasteiger partial charge on any atom is -0.333 e. The number of para-hydroxylation sites is 1. The highest BCUT2D eigenvalue weighted by Crippen LogP contribution is 2.27. The third-order valence-electron chi connectivity index (χ3n) is 4.84. The number of benzodiazepines with no additional fused rings is 1. The maximum Gasteiger partial charge on any atom is 0.272 e. The van der Waals surface area contributed by atoms with E-state index in [-0.39, 0.29) is 5.91 Å². The van der Waals surface area contributed by atoms with Gasteiger partial charge in [0.05, 0.1) is 16.7 Å². The second-order valence-corrected chi connectivity index (χ2v) is 8.18. The number of nitrogens with one attached hydrogen (secondary N) is 2. The molecular formula is C23H22N4OPS+. The van der Waals surface area contributed by atoms with Gasteiger partial charge in [0.15, 0.2) is 5.11 Å². The van der Waals surface area contributed by atoms with E-state index in [9.17, 15) is 4.79 Å². The molecule has 1 amide bonds. The SMILES string of the molecule is CN1C(=O)C(NC(=S)Nc2cccc([PH3+])c2)N=C(c2ccccc2)c2ccccc21. The van der Waals surface area contributed by atoms with Gasteiger partial charge in [0.25, 0.3) is 5.91 Å². The molecule has 1 aliphatic rings. The molecule has 7 heteroatoms. The number of carbonyl (C=O) groups is 1. The highest BCUT2D eigenvalue weighted by Gasteiger charge is 2.30. The van der Waals surface area contributed by atoms with Crippen LogP contribution in [0.1, 0.15) is 11.1 Å². The highest BCUT2D eigenvalue weighted by atomic mass is 32.1. The molecule has 2 unspecified atom stereocenters. The highest BCUT2D eigenvalue weighted by molar-refractivity contribution is 7.80. The average molecular weight is 433 g/mol. The minimum absolute atomic E-state index is 0.178. The molecule has 2 N–H and O–H groups in total. The van der Waals surface area contributed by atoms with Crippen molar-refractivity contribution in [3.05, 3.63) is 90.0 Å². The van der Waals surface area contributed by atoms with E-state index in [0.717, 1.165) is 33.5 Å². The number of hydrogen-bond donors (Lipinski definition) is 2. The van der Waals surface area contributed by atoms with Crippen molar-refractivity contribution in [2.24, 2.45) is 4.99 Å². The van der Waals surface area contributed by atoms with Crippen LogP contribution in [-0.2, 0) is 4.79 Å². The van der Waals surface area contributed by atoms with Gasteiger partial charge in [-0.15, -0.1) is 0 Å². The third-order valence-corrected chi connectivity index (χ3v) is 5.50. The quantitative estimate of drug-likeness (QED) is 0.493. The Kier molecular flexibility index (Phi) is 5.88. The second-order valence-electron chi connectivity index (χ2n) is 6.96. The van der Waals surface area contributed by atoms with E-state index < -0.39 is 6.17 Å². The molecule has 2 atom stereocenters. The first kappa shape index (κ1) is 20.2. The van der Waals surface area contributed by atoms with E-state index in [2.05, 4.69) is 10.6 Å². The number of amides is 1. The number of aliphatic imine (C=N–C) groups is 1. The van der Waals surface area contributed by atoms with Gasteiger partial charge in [-0.25, -0.2) is 4.99 Å². The summed E-state index contributed by atoms with van der Waals surface area (Å²) in [7, 11) is 3.56. The van der Waals surface area contributed by atoms with Crippen LogP contribution in [0, 0.1) is 0 Å². The first-order chi connectivity index (χ1) is 14.5. The summed E-state index contributed by atoms with van der Waals surface area (Å²) in [6.07, 6.45) is -0.843. The lowest BCUT2D eigenvalue weighted by Gasteiger charge is -2.21. The fourth-order valence-electron chi connectivity index (χ4n) is 3.38. The van der Waals surface area contributed by atoms with Crippen LogP contribution < -0.4 is 20.8 Å². The Morgan fingerprint density at radius 2 is 1.77 bits per heavy atom. The predicted octanol–water partition coefficient (Wildman–Crippen LogP) is 3.05. The number of benzene rings is 3. The lowest BCUT2D eigenvalue weighted by molar-refractivity contribution is -0.119. The normalized spacial score (nSPS) is 15.8. The molecule has 1 aliphatic heterocycles. The number of carbonyl (C=O) groups excluding carboxylic acids is 1. The molecule has 3 aromatic carbocycles. The molecule has 150 valence electrons. The molecule has 0 aromatic heterocycles. The van der Waals surface area contributed by atoms with Crippen molar-refractivity contribution >= 4 is 54.9 Å². The molecule has 0 saturated carbocycles. The van der Waals surface area contributed by atoms with Gasteiger partial charge in [-0.2, -0.15) is 0 Å². The van der Waals surface area contributed by atoms with Gasteiger partial charge >= 0.3 is 0 Å². The standard InChI is InChI=1S/C23H21N4OPS/c1-27-19-13-6-5-12-18(19)20(15-8-3-2-4-9-15)25-21(22(27)28)26-23(30)24-16-10-7-11-17(29)14-16/h2-14,21H,29H2,1H3,(H2,24,26,30)/p+1. The van der Waals surface area contributed by atoms with Crippen molar-refractivity contribution in [3.8, 4) is 0 Å². The average Bonchev–Trinajstić information content (AvgIpc) is 2.85. The van der Waals surface area contributed by atoms with E-state index in [0.29, 0.717) is 5.11 Å². The van der Waals surface area contributed by atoms with Crippen molar-refractivity contribution < 1.29 is 4.79 Å². The molecule has 1 heterocycles. The van der Waals surface area contributed by atoms with Gasteiger partial charge in [-0.1, -0.05) is 54.6 Å². The summed E-state index contributed by atoms with van der Waals surface area (Å²) in [5, 5.41) is 7.72. The second kappa shape index (κ2) is 8.74. The monoisotopic (exact) mass is 433 g/mol. The maximum absolute atomic E-state index is 13.2. The van der Waals surface area contributed by atoms with Gasteiger partial charge < -0.3 is 15.5 Å². The van der Waals surface area contributed by atoms with Crippen molar-refractivity contribution in [2.45, 2.75) is 6.17 Å². The Labute approximate surface area is 183 Å². The molecule has 30 heavy (non-hydrogen) atoms. The molecule has 0 radical (unpaired) electrons. The summed E-state index contributed by atoms with van der Waals surface area (Å²) in [5.41, 5.74) is 4.28. The first-order valence-electron chi connectivity index (χ1n) is 9.52. The van der Waals surface area contributed by atoms with Crippen LogP contribution in [0.15, 0.2) is 83.9 Å². The number of hydrogen-bond acceptors (Lipinski definition) is 3. The van der Waals surface area contributed by atoms with Crippen molar-refractivity contribution in [1.29, 1.82) is 0 Å². The number of thiocarbonyl (C=S) groups is 1. The molecular weight excluding hydrogens is 411 g/mol. The third kappa shape index (κ3) is 4.25. The fourth-order valence-corrected chi connectivity index (χ4v) is 3.97. The first-order valence-corrected chi connectivity index (χ1v) is 10.6. The van der Waals surface area contributed by atoms with E-state index >= 15 is 0 Å². The predicted molar refractivity (Wildman–Crippen MR) is 132 cm³/mol. The lowest BCUT2D eigenvalue weighted by atomic mass is 10.0. The number of anilines is 2. The largest absolute Gasteiger partial charge is 0.333 e. The molecule has 0 aliphatic carbocycles. The summed E-state index contributed by atoms with van der Waals surface area (Å²) < 4.78 is 0. The molecule has 5 nitrogen and oxygen atoms in total. The Balaban J connectivity index is 1.69. The Hall–Kier alpha value is -3.08. The van der Waals surface area contributed by atoms with Gasteiger partial charge in [0.2, 0.25) is 6.17 Å². The van der Waals surface area contributed by atoms with Crippen LogP contribution in [0.3, 0.4) is 0 Å². The van der Waals surface area contributed by atoms with E-state index in [4.69, 9.17) is 17.2 Å². The number of fused-ring (bicyclic) bond motifs is 1. The zero-order chi connectivity index (χ0) is 21.1. The smallest absolute Gasteiger partial charge is 0.272 e. The Morgan fingerprint density at radius 1 is 1.03 bits per heavy atom. The van der Waals surface area contributed by atoms with Crippen LogP contribution in [0.4, 0.5) is 11.4 Å². The zero-order valence-electron chi connectivity index (χ0n) is 16.5. The number of likely N-dealkylation sites (N-methyl/N-ethyl adjacent to an activating group) is 1. The molecule has 4 rings (SSSR count). The van der Waals surface area contributed by atoms with Crippen molar-refractivity contribution in [3.63, 3.8) is 0 Å². The summed E-state index contributed by atoms with van der Waals surface area (Å²) in [4.78, 5) is 19.6. The van der Waals surface area contributed by atoms with Crippen LogP contribution in [-0.4, -0.2) is 29.9 Å². The number of rotatable bonds is 3. The molecule has 3 aromatic rings. The van der Waals surface area contributed by atoms with E-state index in [1.54, 1.807) is 21.2 Å². The van der Waals surface area contributed by atoms with E-state index in [1.807, 2.05) is 78.9 Å². The summed E-state index contributed by atoms with van der Waals surface area (Å²) in [5.74, 6) is -0.178. The van der Waals surface area contributed by atoms with Crippen LogP contribution in [0.25, 0.3) is 0 Å². The Morgan fingerprint density at radius 3 is 2.53 bits per heavy atom. The zero-order valence-corrected chi connectivity index (χ0v) is 18.7. The Bertz CT molecular complexity index is 1130. The summed E-state index contributed by atoms with van der Waals surface area (Å²) >= 11 is 5.48. The van der Waals surface area contributed by atoms with Crippen LogP contribution in [0.2, 0.25) is 0 Å². The summed E-state index contributed by atoms with van der Waals surface area (Å²) in [6.45, 7) is 0. The molecule has 0 spiro atoms. The molecule has 0 bridgehead atoms. The lowest BCUT2D eigenvalue weighted by Crippen LogP contribution is -2.47. The van der Waals surface area contributed by atoms with Gasteiger partial charge in [0.1, 0.15) is 0 Å². The van der Waals surface area contributed by atoms with Crippen molar-refractivity contribution in [1.82, 2.24) is 5.32 Å². The summed E-state index contributed by atoms with van der Waals surface area (Å²) in [6, 6.07) is 25.6. The number of nitrogens with zero attached hydrogens (tertiary/aromatic N) is 2. The minimum atomic E-state index is -0.843. The van der Waals surface area contributed by atoms with Gasteiger partial charge in [0, 0.05) is 39.2 Å². The van der Waals surface area contributed by atoms with Crippen LogP contribution in [0.5, 0.6) is 0 Å². The topological polar surface area (TPSA) is 56.7 Å². The molecule has 0 fully saturated rings. The maximum atomic E-state index is 13.2. The van der Waals surface area contributed by atoms with Crippen molar-refractivity contribution in [2.75, 3.05) is 17.3 Å². The van der Waals surface area contributed by atoms with E-state index in [1.165, 1.54) is 0 Å². The van der Waals surface area contributed by atoms with Crippen LogP contribution >= 0.6 is 21.5 Å².